The van der Waals surface area contributed by atoms with Crippen LogP contribution in [0.4, 0.5) is 0 Å². The highest BCUT2D eigenvalue weighted by molar-refractivity contribution is 5.66. The van der Waals surface area contributed by atoms with Gasteiger partial charge in [-0.1, -0.05) is 0 Å². The predicted molar refractivity (Wildman–Crippen MR) is 70.5 cm³/mol. The van der Waals surface area contributed by atoms with E-state index >= 15 is 0 Å². The van der Waals surface area contributed by atoms with E-state index in [0.29, 0.717) is 17.1 Å². The number of nitro groups is 1. The van der Waals surface area contributed by atoms with Crippen molar-refractivity contribution in [1.82, 2.24) is 0 Å². The number of hydrogen-bond donors (Lipinski definition) is 0. The highest BCUT2D eigenvalue weighted by Gasteiger charge is 2.32. The Labute approximate surface area is 116 Å². The summed E-state index contributed by atoms with van der Waals surface area (Å²) in [5, 5.41) is 11.0. The van der Waals surface area contributed by atoms with Crippen molar-refractivity contribution in [3.63, 3.8) is 0 Å². The SMILES string of the molecule is COc1cc(OC)cc([C@H](OC(C)=O)[C@@H](C)[N+](=O)[O-])c1. The van der Waals surface area contributed by atoms with E-state index in [4.69, 9.17) is 14.2 Å². The van der Waals surface area contributed by atoms with Gasteiger partial charge in [0.2, 0.25) is 0 Å². The average Bonchev–Trinajstić information content (AvgIpc) is 2.42. The first kappa shape index (κ1) is 15.7. The van der Waals surface area contributed by atoms with Crippen LogP contribution < -0.4 is 9.47 Å². The van der Waals surface area contributed by atoms with E-state index in [1.54, 1.807) is 18.2 Å². The molecule has 0 N–H and O–H groups in total. The van der Waals surface area contributed by atoms with Crippen LogP contribution in [0.25, 0.3) is 0 Å². The first-order chi connectivity index (χ1) is 9.38. The average molecular weight is 283 g/mol. The molecule has 0 aliphatic rings. The maximum atomic E-state index is 11.2. The maximum Gasteiger partial charge on any atom is 0.303 e. The van der Waals surface area contributed by atoms with Gasteiger partial charge in [-0.2, -0.15) is 0 Å². The topological polar surface area (TPSA) is 87.9 Å². The predicted octanol–water partition coefficient (Wildman–Crippen LogP) is 1.97. The Morgan fingerprint density at radius 2 is 1.70 bits per heavy atom. The van der Waals surface area contributed by atoms with E-state index in [0.717, 1.165) is 0 Å². The zero-order chi connectivity index (χ0) is 15.3. The molecule has 7 nitrogen and oxygen atoms in total. The van der Waals surface area contributed by atoms with E-state index in [2.05, 4.69) is 0 Å². The molecule has 0 radical (unpaired) electrons. The number of carbonyl (C=O) groups excluding carboxylic acids is 1. The zero-order valence-electron chi connectivity index (χ0n) is 11.8. The van der Waals surface area contributed by atoms with Gasteiger partial charge < -0.3 is 14.2 Å². The summed E-state index contributed by atoms with van der Waals surface area (Å²) in [7, 11) is 2.94. The van der Waals surface area contributed by atoms with E-state index < -0.39 is 23.0 Å². The second kappa shape index (κ2) is 6.74. The quantitative estimate of drug-likeness (QED) is 0.450. The molecule has 1 aromatic rings. The summed E-state index contributed by atoms with van der Waals surface area (Å²) in [6, 6.07) is 3.70. The Morgan fingerprint density at radius 1 is 1.20 bits per heavy atom. The number of methoxy groups -OCH3 is 2. The van der Waals surface area contributed by atoms with E-state index in [1.165, 1.54) is 28.1 Å². The molecule has 0 bridgehead atoms. The minimum absolute atomic E-state index is 0.445. The Hall–Kier alpha value is -2.31. The maximum absolute atomic E-state index is 11.2. The van der Waals surface area contributed by atoms with Crippen LogP contribution in [0, 0.1) is 10.1 Å². The molecule has 7 heteroatoms. The van der Waals surface area contributed by atoms with Crippen LogP contribution in [0.3, 0.4) is 0 Å². The lowest BCUT2D eigenvalue weighted by Gasteiger charge is -2.19. The van der Waals surface area contributed by atoms with Crippen LogP contribution in [0.15, 0.2) is 18.2 Å². The molecule has 0 unspecified atom stereocenters. The largest absolute Gasteiger partial charge is 0.497 e. The summed E-state index contributed by atoms with van der Waals surface area (Å²) in [6.45, 7) is 2.58. The van der Waals surface area contributed by atoms with Gasteiger partial charge in [-0.3, -0.25) is 14.9 Å². The van der Waals surface area contributed by atoms with Crippen molar-refractivity contribution in [3.8, 4) is 11.5 Å². The number of nitrogens with zero attached hydrogens (tertiary/aromatic N) is 1. The second-order valence-corrected chi connectivity index (χ2v) is 4.20. The van der Waals surface area contributed by atoms with Gasteiger partial charge in [0.25, 0.3) is 6.04 Å². The number of benzene rings is 1. The summed E-state index contributed by atoms with van der Waals surface area (Å²) in [5.41, 5.74) is 0.445. The molecule has 0 heterocycles. The van der Waals surface area contributed by atoms with Crippen LogP contribution in [0.1, 0.15) is 25.5 Å². The van der Waals surface area contributed by atoms with E-state index in [-0.39, 0.29) is 0 Å². The van der Waals surface area contributed by atoms with Crippen molar-refractivity contribution in [2.45, 2.75) is 26.0 Å². The third kappa shape index (κ3) is 3.84. The van der Waals surface area contributed by atoms with Gasteiger partial charge in [-0.15, -0.1) is 0 Å². The molecular formula is C13H17NO6. The number of ether oxygens (including phenoxy) is 3. The number of hydrogen-bond acceptors (Lipinski definition) is 6. The van der Waals surface area contributed by atoms with Crippen molar-refractivity contribution >= 4 is 5.97 Å². The summed E-state index contributed by atoms with van der Waals surface area (Å²) >= 11 is 0. The fraction of sp³-hybridized carbons (Fsp3) is 0.462. The molecule has 0 amide bonds. The Bertz CT molecular complexity index is 479. The number of esters is 1. The smallest absolute Gasteiger partial charge is 0.303 e. The highest BCUT2D eigenvalue weighted by Crippen LogP contribution is 2.31. The van der Waals surface area contributed by atoms with Crippen molar-refractivity contribution in [2.75, 3.05) is 14.2 Å². The molecule has 0 fully saturated rings. The van der Waals surface area contributed by atoms with Gasteiger partial charge >= 0.3 is 5.97 Å². The van der Waals surface area contributed by atoms with Gasteiger partial charge in [-0.05, 0) is 12.1 Å². The standard InChI is InChI=1S/C13H17NO6/c1-8(14(16)17)13(20-9(2)15)10-5-11(18-3)7-12(6-10)19-4/h5-8,13H,1-4H3/t8-,13-/m1/s1. The summed E-state index contributed by atoms with van der Waals surface area (Å²) < 4.78 is 15.3. The minimum atomic E-state index is -1.09. The van der Waals surface area contributed by atoms with Gasteiger partial charge in [0.05, 0.1) is 14.2 Å². The Morgan fingerprint density at radius 3 is 2.05 bits per heavy atom. The lowest BCUT2D eigenvalue weighted by atomic mass is 10.0. The van der Waals surface area contributed by atoms with Gasteiger partial charge in [-0.25, -0.2) is 0 Å². The van der Waals surface area contributed by atoms with E-state index in [9.17, 15) is 14.9 Å². The van der Waals surface area contributed by atoms with Crippen LogP contribution in [0.5, 0.6) is 11.5 Å². The van der Waals surface area contributed by atoms with Crippen molar-refractivity contribution < 1.29 is 23.9 Å². The Kier molecular flexibility index (Phi) is 5.31. The minimum Gasteiger partial charge on any atom is -0.497 e. The molecule has 0 saturated heterocycles. The van der Waals surface area contributed by atoms with Crippen LogP contribution in [-0.4, -0.2) is 31.2 Å². The zero-order valence-corrected chi connectivity index (χ0v) is 11.8. The third-order valence-electron chi connectivity index (χ3n) is 2.77. The molecule has 1 rings (SSSR count). The van der Waals surface area contributed by atoms with Crippen LogP contribution >= 0.6 is 0 Å². The molecule has 2 atom stereocenters. The monoisotopic (exact) mass is 283 g/mol. The highest BCUT2D eigenvalue weighted by atomic mass is 16.6. The molecule has 0 aliphatic heterocycles. The van der Waals surface area contributed by atoms with Crippen molar-refractivity contribution in [1.29, 1.82) is 0 Å². The van der Waals surface area contributed by atoms with Crippen LogP contribution in [0.2, 0.25) is 0 Å². The molecule has 0 aliphatic carbocycles. The van der Waals surface area contributed by atoms with Gasteiger partial charge in [0.15, 0.2) is 6.10 Å². The summed E-state index contributed by atoms with van der Waals surface area (Å²) in [4.78, 5) is 21.6. The van der Waals surface area contributed by atoms with Crippen LogP contribution in [-0.2, 0) is 9.53 Å². The first-order valence-electron chi connectivity index (χ1n) is 5.92. The molecule has 20 heavy (non-hydrogen) atoms. The lowest BCUT2D eigenvalue weighted by molar-refractivity contribution is -0.530. The molecule has 0 saturated carbocycles. The molecule has 0 spiro atoms. The summed E-state index contributed by atoms with van der Waals surface area (Å²) in [6.07, 6.45) is -1.01. The van der Waals surface area contributed by atoms with Crippen molar-refractivity contribution in [3.05, 3.63) is 33.9 Å². The third-order valence-corrected chi connectivity index (χ3v) is 2.77. The Balaban J connectivity index is 3.24. The fourth-order valence-electron chi connectivity index (χ4n) is 1.73. The molecular weight excluding hydrogens is 266 g/mol. The lowest BCUT2D eigenvalue weighted by Crippen LogP contribution is -2.27. The molecule has 0 aromatic heterocycles. The second-order valence-electron chi connectivity index (χ2n) is 4.20. The fourth-order valence-corrected chi connectivity index (χ4v) is 1.73. The van der Waals surface area contributed by atoms with Gasteiger partial charge in [0, 0.05) is 30.4 Å². The van der Waals surface area contributed by atoms with E-state index in [1.807, 2.05) is 0 Å². The normalized spacial score (nSPS) is 13.2. The van der Waals surface area contributed by atoms with Gasteiger partial charge in [0.1, 0.15) is 11.5 Å². The summed E-state index contributed by atoms with van der Waals surface area (Å²) in [5.74, 6) is 0.338. The number of rotatable bonds is 6. The first-order valence-corrected chi connectivity index (χ1v) is 5.92. The number of carbonyl (C=O) groups is 1. The van der Waals surface area contributed by atoms with Crippen molar-refractivity contribution in [2.24, 2.45) is 0 Å². The molecule has 1 aromatic carbocycles. The molecule has 110 valence electrons.